The zero-order valence-electron chi connectivity index (χ0n) is 13.2. The number of anilines is 1. The van der Waals surface area contributed by atoms with E-state index in [1.54, 1.807) is 0 Å². The standard InChI is InChI=1S/C17H18N4O2S/c18-10-19-17(8-3-9-17)15(22)21-16-20-12-6-2-7-13(14(12)24-16)23-11-4-1-5-11/h2,6-7,11,19H,1,3-5,8-9H2,(H,20,21,22). The van der Waals surface area contributed by atoms with Crippen molar-refractivity contribution >= 4 is 32.6 Å². The van der Waals surface area contributed by atoms with Crippen molar-refractivity contribution in [3.8, 4) is 11.9 Å². The highest BCUT2D eigenvalue weighted by Crippen LogP contribution is 2.38. The number of amides is 1. The van der Waals surface area contributed by atoms with Crippen LogP contribution in [-0.4, -0.2) is 22.5 Å². The molecular weight excluding hydrogens is 324 g/mol. The van der Waals surface area contributed by atoms with Crippen molar-refractivity contribution in [1.82, 2.24) is 10.3 Å². The van der Waals surface area contributed by atoms with Gasteiger partial charge in [-0.15, -0.1) is 0 Å². The van der Waals surface area contributed by atoms with Gasteiger partial charge >= 0.3 is 0 Å². The Morgan fingerprint density at radius 3 is 2.83 bits per heavy atom. The molecule has 0 aliphatic heterocycles. The zero-order chi connectivity index (χ0) is 16.6. The lowest BCUT2D eigenvalue weighted by molar-refractivity contribution is -0.125. The van der Waals surface area contributed by atoms with Gasteiger partial charge in [0.25, 0.3) is 5.91 Å². The molecule has 1 heterocycles. The van der Waals surface area contributed by atoms with Gasteiger partial charge < -0.3 is 10.1 Å². The highest BCUT2D eigenvalue weighted by Gasteiger charge is 2.44. The molecule has 0 radical (unpaired) electrons. The van der Waals surface area contributed by atoms with Crippen molar-refractivity contribution in [3.05, 3.63) is 18.2 Å². The van der Waals surface area contributed by atoms with Crippen molar-refractivity contribution in [1.29, 1.82) is 5.26 Å². The Morgan fingerprint density at radius 2 is 2.21 bits per heavy atom. The molecule has 2 aliphatic rings. The average molecular weight is 342 g/mol. The molecule has 0 bridgehead atoms. The molecule has 2 aliphatic carbocycles. The number of nitriles is 1. The fraction of sp³-hybridized carbons (Fsp3) is 0.471. The second kappa shape index (κ2) is 5.95. The topological polar surface area (TPSA) is 87.0 Å². The van der Waals surface area contributed by atoms with E-state index in [4.69, 9.17) is 10.00 Å². The van der Waals surface area contributed by atoms with Gasteiger partial charge in [-0.25, -0.2) is 4.98 Å². The van der Waals surface area contributed by atoms with E-state index >= 15 is 0 Å². The van der Waals surface area contributed by atoms with Crippen LogP contribution in [0.5, 0.6) is 5.75 Å². The van der Waals surface area contributed by atoms with Crippen molar-refractivity contribution < 1.29 is 9.53 Å². The number of carbonyl (C=O) groups excluding carboxylic acids is 1. The largest absolute Gasteiger partial charge is 0.489 e. The van der Waals surface area contributed by atoms with E-state index in [1.165, 1.54) is 17.8 Å². The second-order valence-corrected chi connectivity index (χ2v) is 7.42. The van der Waals surface area contributed by atoms with E-state index in [-0.39, 0.29) is 5.91 Å². The summed E-state index contributed by atoms with van der Waals surface area (Å²) in [4.78, 5) is 17.0. The van der Waals surface area contributed by atoms with Crippen LogP contribution in [0.2, 0.25) is 0 Å². The first-order valence-electron chi connectivity index (χ1n) is 8.24. The third kappa shape index (κ3) is 2.57. The first-order valence-corrected chi connectivity index (χ1v) is 9.06. The van der Waals surface area contributed by atoms with Crippen LogP contribution >= 0.6 is 11.3 Å². The first-order chi connectivity index (χ1) is 11.7. The van der Waals surface area contributed by atoms with Gasteiger partial charge in [0.2, 0.25) is 0 Å². The molecule has 1 amide bonds. The van der Waals surface area contributed by atoms with Crippen molar-refractivity contribution in [2.45, 2.75) is 50.2 Å². The van der Waals surface area contributed by atoms with Gasteiger partial charge in [0.1, 0.15) is 11.3 Å². The molecule has 2 N–H and O–H groups in total. The minimum Gasteiger partial charge on any atom is -0.489 e. The van der Waals surface area contributed by atoms with Crippen molar-refractivity contribution in [3.63, 3.8) is 0 Å². The molecule has 1 aromatic carbocycles. The number of hydrogen-bond acceptors (Lipinski definition) is 6. The van der Waals surface area contributed by atoms with Crippen LogP contribution in [0, 0.1) is 11.5 Å². The maximum absolute atomic E-state index is 12.5. The van der Waals surface area contributed by atoms with Gasteiger partial charge in [-0.1, -0.05) is 17.4 Å². The summed E-state index contributed by atoms with van der Waals surface area (Å²) < 4.78 is 6.98. The fourth-order valence-corrected chi connectivity index (χ4v) is 3.92. The minimum absolute atomic E-state index is 0.184. The molecule has 2 fully saturated rings. The molecule has 0 atom stereocenters. The smallest absolute Gasteiger partial charge is 0.252 e. The third-order valence-electron chi connectivity index (χ3n) is 4.88. The lowest BCUT2D eigenvalue weighted by atomic mass is 9.76. The van der Waals surface area contributed by atoms with Gasteiger partial charge in [-0.05, 0) is 50.7 Å². The Hall–Kier alpha value is -2.33. The van der Waals surface area contributed by atoms with E-state index in [2.05, 4.69) is 15.6 Å². The van der Waals surface area contributed by atoms with Crippen LogP contribution in [0.15, 0.2) is 18.2 Å². The lowest BCUT2D eigenvalue weighted by Gasteiger charge is -2.38. The molecular formula is C17H18N4O2S. The first kappa shape index (κ1) is 15.2. The normalized spacial score (nSPS) is 19.0. The Labute approximate surface area is 143 Å². The maximum Gasteiger partial charge on any atom is 0.252 e. The molecule has 6 nitrogen and oxygen atoms in total. The number of thiazole rings is 1. The van der Waals surface area contributed by atoms with Crippen molar-refractivity contribution in [2.24, 2.45) is 0 Å². The highest BCUT2D eigenvalue weighted by molar-refractivity contribution is 7.22. The molecule has 4 rings (SSSR count). The molecule has 24 heavy (non-hydrogen) atoms. The minimum atomic E-state index is -0.766. The number of fused-ring (bicyclic) bond motifs is 1. The molecule has 0 saturated heterocycles. The summed E-state index contributed by atoms with van der Waals surface area (Å²) in [6, 6.07) is 5.79. The van der Waals surface area contributed by atoms with Crippen LogP contribution in [0.4, 0.5) is 5.13 Å². The van der Waals surface area contributed by atoms with E-state index in [9.17, 15) is 4.79 Å². The van der Waals surface area contributed by atoms with Crippen LogP contribution in [0.3, 0.4) is 0 Å². The third-order valence-corrected chi connectivity index (χ3v) is 5.88. The van der Waals surface area contributed by atoms with E-state index in [0.29, 0.717) is 24.1 Å². The molecule has 7 heteroatoms. The Morgan fingerprint density at radius 1 is 1.38 bits per heavy atom. The quantitative estimate of drug-likeness (QED) is 0.644. The van der Waals surface area contributed by atoms with Crippen LogP contribution < -0.4 is 15.4 Å². The van der Waals surface area contributed by atoms with Crippen molar-refractivity contribution in [2.75, 3.05) is 5.32 Å². The van der Waals surface area contributed by atoms with Gasteiger partial charge in [0, 0.05) is 0 Å². The summed E-state index contributed by atoms with van der Waals surface area (Å²) in [7, 11) is 0. The molecule has 1 aromatic heterocycles. The predicted molar refractivity (Wildman–Crippen MR) is 91.8 cm³/mol. The number of hydrogen-bond donors (Lipinski definition) is 2. The maximum atomic E-state index is 12.5. The Bertz CT molecular complexity index is 818. The number of nitrogens with zero attached hydrogens (tertiary/aromatic N) is 2. The number of rotatable bonds is 5. The van der Waals surface area contributed by atoms with E-state index in [0.717, 1.165) is 35.2 Å². The summed E-state index contributed by atoms with van der Waals surface area (Å²) >= 11 is 1.42. The predicted octanol–water partition coefficient (Wildman–Crippen LogP) is 3.16. The molecule has 2 aromatic rings. The summed E-state index contributed by atoms with van der Waals surface area (Å²) in [6.45, 7) is 0. The molecule has 0 spiro atoms. The second-order valence-electron chi connectivity index (χ2n) is 6.42. The number of aromatic nitrogens is 1. The monoisotopic (exact) mass is 342 g/mol. The van der Waals surface area contributed by atoms with Crippen LogP contribution in [0.1, 0.15) is 38.5 Å². The molecule has 124 valence electrons. The Kier molecular flexibility index (Phi) is 3.77. The van der Waals surface area contributed by atoms with Crippen LogP contribution in [0.25, 0.3) is 10.2 Å². The summed E-state index contributed by atoms with van der Waals surface area (Å²) in [5.74, 6) is 0.652. The van der Waals surface area contributed by atoms with Gasteiger partial charge in [0.15, 0.2) is 11.3 Å². The number of benzene rings is 1. The fourth-order valence-electron chi connectivity index (χ4n) is 3.00. The SMILES string of the molecule is N#CNC1(C(=O)Nc2nc3cccc(OC4CCC4)c3s2)CCC1. The zero-order valence-corrected chi connectivity index (χ0v) is 14.0. The van der Waals surface area contributed by atoms with E-state index in [1.807, 2.05) is 24.4 Å². The lowest BCUT2D eigenvalue weighted by Crippen LogP contribution is -2.57. The van der Waals surface area contributed by atoms with E-state index < -0.39 is 5.54 Å². The summed E-state index contributed by atoms with van der Waals surface area (Å²) in [6.07, 6.45) is 7.91. The van der Waals surface area contributed by atoms with Gasteiger partial charge in [-0.3, -0.25) is 10.1 Å². The van der Waals surface area contributed by atoms with Crippen LogP contribution in [-0.2, 0) is 4.79 Å². The highest BCUT2D eigenvalue weighted by atomic mass is 32.1. The number of carbonyl (C=O) groups is 1. The summed E-state index contributed by atoms with van der Waals surface area (Å²) in [5, 5.41) is 14.9. The van der Waals surface area contributed by atoms with Gasteiger partial charge in [0.05, 0.1) is 16.3 Å². The number of nitrogens with one attached hydrogen (secondary N) is 2. The molecule has 0 unspecified atom stereocenters. The molecule has 2 saturated carbocycles. The number of ether oxygens (including phenoxy) is 1. The summed E-state index contributed by atoms with van der Waals surface area (Å²) in [5.41, 5.74) is 0.0562. The van der Waals surface area contributed by atoms with Gasteiger partial charge in [-0.2, -0.15) is 5.26 Å². The Balaban J connectivity index is 1.55. The average Bonchev–Trinajstić information content (AvgIpc) is 2.89.